The summed E-state index contributed by atoms with van der Waals surface area (Å²) in [6.07, 6.45) is 6.01. The first-order valence-corrected chi connectivity index (χ1v) is 11.6. The van der Waals surface area contributed by atoms with Crippen molar-refractivity contribution < 1.29 is 13.7 Å². The Bertz CT molecular complexity index is 1400. The number of hydrogen-bond donors (Lipinski definition) is 3. The lowest BCUT2D eigenvalue weighted by atomic mass is 10.2. The Morgan fingerprint density at radius 2 is 2.13 bits per heavy atom. The fourth-order valence-corrected chi connectivity index (χ4v) is 3.78. The average molecular weight is 442 g/mol. The van der Waals surface area contributed by atoms with E-state index in [0.29, 0.717) is 33.9 Å². The zero-order valence-electron chi connectivity index (χ0n) is 17.6. The Morgan fingerprint density at radius 1 is 1.35 bits per heavy atom. The van der Waals surface area contributed by atoms with Crippen LogP contribution in [0.4, 0.5) is 11.5 Å². The third-order valence-electron chi connectivity index (χ3n) is 4.54. The summed E-state index contributed by atoms with van der Waals surface area (Å²) in [5.41, 5.74) is 3.14. The molecule has 31 heavy (non-hydrogen) atoms. The van der Waals surface area contributed by atoms with Crippen LogP contribution in [0.2, 0.25) is 0 Å². The van der Waals surface area contributed by atoms with Crippen LogP contribution in [0.25, 0.3) is 16.4 Å². The van der Waals surface area contributed by atoms with Gasteiger partial charge in [0.15, 0.2) is 5.82 Å². The van der Waals surface area contributed by atoms with Gasteiger partial charge in [-0.1, -0.05) is 0 Å². The minimum Gasteiger partial charge on any atom is -0.489 e. The SMILES string of the molecule is C=S(C)(=O)NC(=O)c1cn2ncnc(Nc3cc4cn[nH]c4cc3OC(C)C)c2c1C. The fraction of sp³-hybridized carbons (Fsp3) is 0.250. The van der Waals surface area contributed by atoms with Gasteiger partial charge in [-0.2, -0.15) is 10.2 Å². The maximum absolute atomic E-state index is 12.6. The Kier molecular flexibility index (Phi) is 5.05. The quantitative estimate of drug-likeness (QED) is 0.392. The molecule has 1 amide bonds. The van der Waals surface area contributed by atoms with E-state index in [2.05, 4.69) is 36.2 Å². The number of aryl methyl sites for hydroxylation is 1. The van der Waals surface area contributed by atoms with Crippen molar-refractivity contribution in [3.05, 3.63) is 42.0 Å². The number of ether oxygens (including phenoxy) is 1. The van der Waals surface area contributed by atoms with Crippen molar-refractivity contribution in [1.29, 1.82) is 0 Å². The second-order valence-electron chi connectivity index (χ2n) is 7.60. The van der Waals surface area contributed by atoms with Gasteiger partial charge >= 0.3 is 0 Å². The highest BCUT2D eigenvalue weighted by Gasteiger charge is 2.20. The van der Waals surface area contributed by atoms with E-state index in [1.165, 1.54) is 12.6 Å². The summed E-state index contributed by atoms with van der Waals surface area (Å²) in [5, 5.41) is 15.4. The molecule has 1 atom stereocenters. The predicted molar refractivity (Wildman–Crippen MR) is 122 cm³/mol. The van der Waals surface area contributed by atoms with Gasteiger partial charge in [0.25, 0.3) is 5.91 Å². The molecule has 0 aliphatic heterocycles. The molecule has 0 radical (unpaired) electrons. The van der Waals surface area contributed by atoms with Gasteiger partial charge in [0.05, 0.1) is 29.1 Å². The summed E-state index contributed by atoms with van der Waals surface area (Å²) in [6, 6.07) is 3.79. The number of rotatable bonds is 6. The number of aromatic nitrogens is 5. The van der Waals surface area contributed by atoms with E-state index in [-0.39, 0.29) is 6.10 Å². The molecule has 3 aromatic heterocycles. The molecule has 162 valence electrons. The molecule has 10 nitrogen and oxygen atoms in total. The number of H-pyrrole nitrogens is 1. The average Bonchev–Trinajstić information content (AvgIpc) is 3.24. The largest absolute Gasteiger partial charge is 0.489 e. The van der Waals surface area contributed by atoms with Gasteiger partial charge in [-0.3, -0.25) is 14.6 Å². The number of amides is 1. The molecule has 4 rings (SSSR count). The monoisotopic (exact) mass is 441 g/mol. The van der Waals surface area contributed by atoms with Crippen LogP contribution >= 0.6 is 0 Å². The first-order chi connectivity index (χ1) is 14.6. The van der Waals surface area contributed by atoms with Crippen LogP contribution < -0.4 is 14.8 Å². The Labute approximate surface area is 179 Å². The van der Waals surface area contributed by atoms with Crippen molar-refractivity contribution >= 4 is 49.4 Å². The molecular formula is C20H23N7O3S. The predicted octanol–water partition coefficient (Wildman–Crippen LogP) is 2.44. The van der Waals surface area contributed by atoms with Gasteiger partial charge in [-0.05, 0) is 38.3 Å². The molecule has 11 heteroatoms. The number of nitrogens with zero attached hydrogens (tertiary/aromatic N) is 4. The van der Waals surface area contributed by atoms with Crippen molar-refractivity contribution in [3.63, 3.8) is 0 Å². The Morgan fingerprint density at radius 3 is 2.84 bits per heavy atom. The summed E-state index contributed by atoms with van der Waals surface area (Å²) in [7, 11) is -2.70. The highest BCUT2D eigenvalue weighted by Crippen LogP contribution is 2.34. The zero-order valence-corrected chi connectivity index (χ0v) is 18.4. The molecule has 4 aromatic rings. The van der Waals surface area contributed by atoms with E-state index >= 15 is 0 Å². The summed E-state index contributed by atoms with van der Waals surface area (Å²) < 4.78 is 21.9. The summed E-state index contributed by atoms with van der Waals surface area (Å²) in [6.45, 7) is 5.67. The van der Waals surface area contributed by atoms with Gasteiger partial charge in [0, 0.05) is 33.6 Å². The molecular weight excluding hydrogens is 418 g/mol. The third kappa shape index (κ3) is 4.17. The minimum absolute atomic E-state index is 0.0387. The fourth-order valence-electron chi connectivity index (χ4n) is 3.28. The number of benzene rings is 1. The lowest BCUT2D eigenvalue weighted by Gasteiger charge is -2.16. The first kappa shape index (κ1) is 20.7. The minimum atomic E-state index is -2.70. The van der Waals surface area contributed by atoms with Gasteiger partial charge in [-0.25, -0.2) is 13.7 Å². The van der Waals surface area contributed by atoms with Crippen LogP contribution in [-0.2, 0) is 9.71 Å². The van der Waals surface area contributed by atoms with E-state index in [1.807, 2.05) is 26.0 Å². The van der Waals surface area contributed by atoms with E-state index in [4.69, 9.17) is 4.74 Å². The molecule has 0 saturated heterocycles. The Hall–Kier alpha value is -3.60. The van der Waals surface area contributed by atoms with Gasteiger partial charge < -0.3 is 10.1 Å². The number of carbonyl (C=O) groups excluding carboxylic acids is 1. The van der Waals surface area contributed by atoms with Crippen LogP contribution in [0, 0.1) is 6.92 Å². The second kappa shape index (κ2) is 7.58. The first-order valence-electron chi connectivity index (χ1n) is 9.50. The topological polar surface area (TPSA) is 126 Å². The highest BCUT2D eigenvalue weighted by atomic mass is 32.2. The van der Waals surface area contributed by atoms with E-state index < -0.39 is 15.6 Å². The summed E-state index contributed by atoms with van der Waals surface area (Å²) >= 11 is 0. The van der Waals surface area contributed by atoms with Crippen molar-refractivity contribution in [3.8, 4) is 5.75 Å². The van der Waals surface area contributed by atoms with E-state index in [9.17, 15) is 9.00 Å². The Balaban J connectivity index is 1.80. The van der Waals surface area contributed by atoms with Crippen molar-refractivity contribution in [1.82, 2.24) is 29.5 Å². The lowest BCUT2D eigenvalue weighted by Crippen LogP contribution is -2.29. The van der Waals surface area contributed by atoms with Gasteiger partial charge in [-0.15, -0.1) is 0 Å². The van der Waals surface area contributed by atoms with Crippen LogP contribution in [0.15, 0.2) is 30.9 Å². The van der Waals surface area contributed by atoms with Gasteiger partial charge in [0.2, 0.25) is 0 Å². The zero-order chi connectivity index (χ0) is 22.3. The molecule has 1 aromatic carbocycles. The van der Waals surface area contributed by atoms with Crippen LogP contribution in [-0.4, -0.2) is 53.1 Å². The molecule has 0 aliphatic carbocycles. The summed E-state index contributed by atoms with van der Waals surface area (Å²) in [4.78, 5) is 16.9. The standard InChI is InChI=1S/C20H23N7O3S/c1-11(2)30-17-7-15-13(8-22-25-15)6-16(17)24-19-18-12(3)14(9-27(18)23-10-21-19)20(28)26-31(4,5)29/h6-11H,4H2,1-3,5H3,(H,22,25)(H,21,23,24)(H,26,28,29). The molecule has 0 spiro atoms. The maximum Gasteiger partial charge on any atom is 0.264 e. The van der Waals surface area contributed by atoms with Crippen LogP contribution in [0.3, 0.4) is 0 Å². The second-order valence-corrected chi connectivity index (χ2v) is 9.82. The maximum atomic E-state index is 12.6. The number of hydrogen-bond acceptors (Lipinski definition) is 7. The molecule has 0 saturated carbocycles. The number of aromatic amines is 1. The van der Waals surface area contributed by atoms with E-state index in [1.54, 1.807) is 23.8 Å². The molecule has 0 aliphatic rings. The van der Waals surface area contributed by atoms with Crippen molar-refractivity contribution in [2.75, 3.05) is 11.6 Å². The third-order valence-corrected chi connectivity index (χ3v) is 5.15. The molecule has 0 fully saturated rings. The lowest BCUT2D eigenvalue weighted by molar-refractivity contribution is 0.0982. The number of fused-ring (bicyclic) bond motifs is 2. The highest BCUT2D eigenvalue weighted by molar-refractivity contribution is 7.98. The molecule has 3 heterocycles. The normalized spacial score (nSPS) is 13.5. The van der Waals surface area contributed by atoms with E-state index in [0.717, 1.165) is 10.9 Å². The summed E-state index contributed by atoms with van der Waals surface area (Å²) in [5.74, 6) is 4.12. The molecule has 1 unspecified atom stereocenters. The number of anilines is 2. The van der Waals surface area contributed by atoms with Crippen LogP contribution in [0.1, 0.15) is 29.8 Å². The van der Waals surface area contributed by atoms with Gasteiger partial charge in [0.1, 0.15) is 17.6 Å². The smallest absolute Gasteiger partial charge is 0.264 e. The van der Waals surface area contributed by atoms with Crippen molar-refractivity contribution in [2.24, 2.45) is 0 Å². The van der Waals surface area contributed by atoms with Crippen LogP contribution in [0.5, 0.6) is 5.75 Å². The number of nitrogens with one attached hydrogen (secondary N) is 3. The number of carbonyl (C=O) groups is 1. The molecule has 0 bridgehead atoms. The molecule has 3 N–H and O–H groups in total. The van der Waals surface area contributed by atoms with Crippen molar-refractivity contribution in [2.45, 2.75) is 26.9 Å².